The summed E-state index contributed by atoms with van der Waals surface area (Å²) < 4.78 is 0. The van der Waals surface area contributed by atoms with Gasteiger partial charge in [0.05, 0.1) is 0 Å². The number of rotatable bonds is 7. The number of carboxylic acid groups (broad SMARTS) is 1. The standard InChI is InChI=1S/C15H22N2O3/c1-11-4-6-14(7-5-11)10-17(12(2)15(19)20)9-8-16-13(3)18/h4-7,12H,8-10H2,1-3H3,(H,16,18)(H,19,20). The SMILES string of the molecule is CC(=O)NCCN(Cc1ccc(C)cc1)C(C)C(=O)O. The lowest BCUT2D eigenvalue weighted by atomic mass is 10.1. The molecule has 0 saturated carbocycles. The van der Waals surface area contributed by atoms with Crippen molar-refractivity contribution >= 4 is 11.9 Å². The van der Waals surface area contributed by atoms with Crippen LogP contribution in [-0.2, 0) is 16.1 Å². The summed E-state index contributed by atoms with van der Waals surface area (Å²) in [5.41, 5.74) is 2.23. The fraction of sp³-hybridized carbons (Fsp3) is 0.467. The highest BCUT2D eigenvalue weighted by Gasteiger charge is 2.20. The van der Waals surface area contributed by atoms with E-state index in [2.05, 4.69) is 5.32 Å². The van der Waals surface area contributed by atoms with Crippen molar-refractivity contribution in [2.45, 2.75) is 33.4 Å². The van der Waals surface area contributed by atoms with Crippen LogP contribution in [0.15, 0.2) is 24.3 Å². The topological polar surface area (TPSA) is 69.6 Å². The number of hydrogen-bond donors (Lipinski definition) is 2. The van der Waals surface area contributed by atoms with E-state index >= 15 is 0 Å². The summed E-state index contributed by atoms with van der Waals surface area (Å²) in [5, 5.41) is 11.8. The van der Waals surface area contributed by atoms with Crippen molar-refractivity contribution in [1.82, 2.24) is 10.2 Å². The van der Waals surface area contributed by atoms with Gasteiger partial charge in [-0.3, -0.25) is 14.5 Å². The highest BCUT2D eigenvalue weighted by atomic mass is 16.4. The summed E-state index contributed by atoms with van der Waals surface area (Å²) in [5.74, 6) is -0.969. The van der Waals surface area contributed by atoms with Crippen LogP contribution in [0.25, 0.3) is 0 Å². The Morgan fingerprint density at radius 3 is 2.40 bits per heavy atom. The van der Waals surface area contributed by atoms with Gasteiger partial charge >= 0.3 is 5.97 Å². The van der Waals surface area contributed by atoms with Crippen molar-refractivity contribution in [3.05, 3.63) is 35.4 Å². The van der Waals surface area contributed by atoms with E-state index < -0.39 is 12.0 Å². The number of nitrogens with one attached hydrogen (secondary N) is 1. The van der Waals surface area contributed by atoms with E-state index in [1.807, 2.05) is 36.1 Å². The predicted molar refractivity (Wildman–Crippen MR) is 77.4 cm³/mol. The number of benzene rings is 1. The normalized spacial score (nSPS) is 12.2. The summed E-state index contributed by atoms with van der Waals surface area (Å²) in [6, 6.07) is 7.41. The average molecular weight is 278 g/mol. The Morgan fingerprint density at radius 2 is 1.90 bits per heavy atom. The number of aliphatic carboxylic acids is 1. The van der Waals surface area contributed by atoms with E-state index in [-0.39, 0.29) is 5.91 Å². The van der Waals surface area contributed by atoms with Gasteiger partial charge in [0, 0.05) is 26.6 Å². The van der Waals surface area contributed by atoms with Crippen molar-refractivity contribution in [3.8, 4) is 0 Å². The van der Waals surface area contributed by atoms with Crippen molar-refractivity contribution in [1.29, 1.82) is 0 Å². The predicted octanol–water partition coefficient (Wildman–Crippen LogP) is 1.41. The zero-order chi connectivity index (χ0) is 15.1. The second kappa shape index (κ2) is 7.65. The summed E-state index contributed by atoms with van der Waals surface area (Å²) in [6.07, 6.45) is 0. The van der Waals surface area contributed by atoms with Crippen molar-refractivity contribution < 1.29 is 14.7 Å². The molecule has 0 radical (unpaired) electrons. The molecule has 1 aromatic carbocycles. The van der Waals surface area contributed by atoms with Gasteiger partial charge in [-0.05, 0) is 19.4 Å². The Hall–Kier alpha value is -1.88. The minimum atomic E-state index is -0.861. The van der Waals surface area contributed by atoms with Gasteiger partial charge in [-0.2, -0.15) is 0 Å². The molecule has 1 amide bonds. The van der Waals surface area contributed by atoms with Crippen molar-refractivity contribution in [3.63, 3.8) is 0 Å². The van der Waals surface area contributed by atoms with Crippen LogP contribution in [0.3, 0.4) is 0 Å². The second-order valence-electron chi connectivity index (χ2n) is 4.95. The lowest BCUT2D eigenvalue weighted by Gasteiger charge is -2.26. The van der Waals surface area contributed by atoms with Crippen LogP contribution in [0.1, 0.15) is 25.0 Å². The third-order valence-electron chi connectivity index (χ3n) is 3.18. The fourth-order valence-electron chi connectivity index (χ4n) is 1.87. The van der Waals surface area contributed by atoms with Gasteiger partial charge in [0.1, 0.15) is 6.04 Å². The molecule has 0 bridgehead atoms. The first-order chi connectivity index (χ1) is 9.40. The van der Waals surface area contributed by atoms with E-state index in [4.69, 9.17) is 5.11 Å². The first-order valence-corrected chi connectivity index (χ1v) is 6.67. The van der Waals surface area contributed by atoms with Gasteiger partial charge in [-0.15, -0.1) is 0 Å². The third kappa shape index (κ3) is 5.40. The lowest BCUT2D eigenvalue weighted by molar-refractivity contribution is -0.142. The molecular formula is C15H22N2O3. The molecule has 0 heterocycles. The Kier molecular flexibility index (Phi) is 6.18. The van der Waals surface area contributed by atoms with E-state index in [1.54, 1.807) is 6.92 Å². The maximum Gasteiger partial charge on any atom is 0.320 e. The number of nitrogens with zero attached hydrogens (tertiary/aromatic N) is 1. The number of carbonyl (C=O) groups is 2. The minimum Gasteiger partial charge on any atom is -0.480 e. The molecule has 0 fully saturated rings. The number of aryl methyl sites for hydroxylation is 1. The van der Waals surface area contributed by atoms with Gasteiger partial charge in [-0.25, -0.2) is 0 Å². The smallest absolute Gasteiger partial charge is 0.320 e. The van der Waals surface area contributed by atoms with Gasteiger partial charge in [0.25, 0.3) is 0 Å². The van der Waals surface area contributed by atoms with Gasteiger partial charge < -0.3 is 10.4 Å². The molecule has 20 heavy (non-hydrogen) atoms. The summed E-state index contributed by atoms with van der Waals surface area (Å²) in [7, 11) is 0. The van der Waals surface area contributed by atoms with Crippen molar-refractivity contribution in [2.75, 3.05) is 13.1 Å². The minimum absolute atomic E-state index is 0.108. The molecule has 0 saturated heterocycles. The molecule has 0 aliphatic rings. The van der Waals surface area contributed by atoms with E-state index in [0.29, 0.717) is 19.6 Å². The lowest BCUT2D eigenvalue weighted by Crippen LogP contribution is -2.42. The zero-order valence-electron chi connectivity index (χ0n) is 12.2. The molecule has 1 unspecified atom stereocenters. The Balaban J connectivity index is 2.68. The fourth-order valence-corrected chi connectivity index (χ4v) is 1.87. The average Bonchev–Trinajstić information content (AvgIpc) is 2.38. The van der Waals surface area contributed by atoms with Crippen LogP contribution in [0.2, 0.25) is 0 Å². The van der Waals surface area contributed by atoms with Crippen LogP contribution in [0, 0.1) is 6.92 Å². The van der Waals surface area contributed by atoms with Crippen LogP contribution < -0.4 is 5.32 Å². The van der Waals surface area contributed by atoms with Crippen LogP contribution in [0.5, 0.6) is 0 Å². The van der Waals surface area contributed by atoms with Crippen LogP contribution in [0.4, 0.5) is 0 Å². The van der Waals surface area contributed by atoms with E-state index in [9.17, 15) is 9.59 Å². The molecule has 0 aliphatic carbocycles. The van der Waals surface area contributed by atoms with E-state index in [1.165, 1.54) is 12.5 Å². The first-order valence-electron chi connectivity index (χ1n) is 6.67. The maximum absolute atomic E-state index is 11.2. The van der Waals surface area contributed by atoms with Crippen molar-refractivity contribution in [2.24, 2.45) is 0 Å². The first kappa shape index (κ1) is 16.2. The molecule has 0 spiro atoms. The summed E-state index contributed by atoms with van der Waals surface area (Å²) in [4.78, 5) is 23.9. The zero-order valence-corrected chi connectivity index (χ0v) is 12.2. The molecule has 1 atom stereocenters. The Morgan fingerprint density at radius 1 is 1.30 bits per heavy atom. The quantitative estimate of drug-likeness (QED) is 0.791. The van der Waals surface area contributed by atoms with Gasteiger partial charge in [0.15, 0.2) is 0 Å². The molecule has 2 N–H and O–H groups in total. The Bertz CT molecular complexity index is 457. The second-order valence-corrected chi connectivity index (χ2v) is 4.95. The Labute approximate surface area is 119 Å². The number of carboxylic acids is 1. The molecule has 1 rings (SSSR count). The molecule has 5 heteroatoms. The van der Waals surface area contributed by atoms with Gasteiger partial charge in [-0.1, -0.05) is 29.8 Å². The van der Waals surface area contributed by atoms with E-state index in [0.717, 1.165) is 5.56 Å². The third-order valence-corrected chi connectivity index (χ3v) is 3.18. The molecule has 5 nitrogen and oxygen atoms in total. The largest absolute Gasteiger partial charge is 0.480 e. The molecule has 110 valence electrons. The van der Waals surface area contributed by atoms with Crippen LogP contribution in [-0.4, -0.2) is 41.0 Å². The highest BCUT2D eigenvalue weighted by molar-refractivity contribution is 5.73. The summed E-state index contributed by atoms with van der Waals surface area (Å²) >= 11 is 0. The number of hydrogen-bond acceptors (Lipinski definition) is 3. The molecule has 0 aliphatic heterocycles. The molecular weight excluding hydrogens is 256 g/mol. The molecule has 1 aromatic rings. The number of carbonyl (C=O) groups excluding carboxylic acids is 1. The highest BCUT2D eigenvalue weighted by Crippen LogP contribution is 2.09. The monoisotopic (exact) mass is 278 g/mol. The van der Waals surface area contributed by atoms with Gasteiger partial charge in [0.2, 0.25) is 5.91 Å². The summed E-state index contributed by atoms with van der Waals surface area (Å²) in [6.45, 7) is 6.61. The maximum atomic E-state index is 11.2. The van der Waals surface area contributed by atoms with Crippen LogP contribution >= 0.6 is 0 Å². The molecule has 0 aromatic heterocycles. The number of amides is 1.